The van der Waals surface area contributed by atoms with Crippen LogP contribution in [0.3, 0.4) is 0 Å². The monoisotopic (exact) mass is 476 g/mol. The highest BCUT2D eigenvalue weighted by molar-refractivity contribution is 7.99. The van der Waals surface area contributed by atoms with Crippen molar-refractivity contribution in [3.8, 4) is 0 Å². The summed E-state index contributed by atoms with van der Waals surface area (Å²) in [5.74, 6) is -0.619. The summed E-state index contributed by atoms with van der Waals surface area (Å²) in [6.45, 7) is -0.328. The topological polar surface area (TPSA) is 122 Å². The van der Waals surface area contributed by atoms with Gasteiger partial charge in [0.2, 0.25) is 0 Å². The van der Waals surface area contributed by atoms with Crippen LogP contribution in [0.25, 0.3) is 0 Å². The number of nitro groups is 1. The first-order chi connectivity index (χ1) is 15.7. The van der Waals surface area contributed by atoms with Crippen LogP contribution in [0.1, 0.15) is 11.1 Å². The average Bonchev–Trinajstić information content (AvgIpc) is 2.79. The number of hydrogen-bond acceptors (Lipinski definition) is 8. The van der Waals surface area contributed by atoms with Gasteiger partial charge in [0.1, 0.15) is 0 Å². The van der Waals surface area contributed by atoms with Crippen LogP contribution in [0.15, 0.2) is 76.1 Å². The van der Waals surface area contributed by atoms with Crippen molar-refractivity contribution in [2.75, 3.05) is 11.9 Å². The van der Waals surface area contributed by atoms with Crippen LogP contribution in [0.4, 0.5) is 24.5 Å². The molecule has 1 heterocycles. The summed E-state index contributed by atoms with van der Waals surface area (Å²) in [7, 11) is 0. The van der Waals surface area contributed by atoms with E-state index < -0.39 is 22.6 Å². The third kappa shape index (κ3) is 7.00. The molecule has 0 saturated heterocycles. The first-order valence-corrected chi connectivity index (χ1v) is 10.0. The van der Waals surface area contributed by atoms with Crippen LogP contribution >= 0.6 is 11.8 Å². The summed E-state index contributed by atoms with van der Waals surface area (Å²) in [6.07, 6.45) is -0.239. The Morgan fingerprint density at radius 1 is 1.15 bits per heavy atom. The summed E-state index contributed by atoms with van der Waals surface area (Å²) in [5.41, 5.74) is 1.65. The number of halogens is 3. The van der Waals surface area contributed by atoms with Crippen LogP contribution < -0.4 is 10.7 Å². The molecule has 13 heteroatoms. The third-order valence-corrected chi connectivity index (χ3v) is 4.93. The zero-order chi connectivity index (χ0) is 23.8. The highest BCUT2D eigenvalue weighted by Crippen LogP contribution is 2.33. The molecule has 3 rings (SSSR count). The van der Waals surface area contributed by atoms with Crippen LogP contribution in [0.5, 0.6) is 0 Å². The zero-order valence-electron chi connectivity index (χ0n) is 16.6. The smallest absolute Gasteiger partial charge is 0.376 e. The second kappa shape index (κ2) is 10.5. The quantitative estimate of drug-likeness (QED) is 0.217. The molecule has 3 aromatic rings. The lowest BCUT2D eigenvalue weighted by molar-refractivity contribution is -0.387. The predicted octanol–water partition coefficient (Wildman–Crippen LogP) is 4.12. The number of aromatic nitrogens is 2. The normalized spacial score (nSPS) is 11.4. The maximum Gasteiger partial charge on any atom is 0.416 e. The van der Waals surface area contributed by atoms with Gasteiger partial charge in [-0.25, -0.2) is 15.4 Å². The Labute approximate surface area is 189 Å². The van der Waals surface area contributed by atoms with Crippen LogP contribution in [-0.4, -0.2) is 33.6 Å². The Bertz CT molecular complexity index is 1180. The van der Waals surface area contributed by atoms with Gasteiger partial charge in [-0.2, -0.15) is 18.3 Å². The molecule has 2 N–H and O–H groups in total. The van der Waals surface area contributed by atoms with Gasteiger partial charge in [0.05, 0.1) is 28.1 Å². The highest BCUT2D eigenvalue weighted by atomic mass is 32.2. The van der Waals surface area contributed by atoms with Gasteiger partial charge < -0.3 is 5.32 Å². The number of hydrazone groups is 1. The number of alkyl halides is 3. The highest BCUT2D eigenvalue weighted by Gasteiger charge is 2.30. The fourth-order valence-electron chi connectivity index (χ4n) is 2.49. The molecular weight excluding hydrogens is 461 g/mol. The van der Waals surface area contributed by atoms with Crippen LogP contribution in [0.2, 0.25) is 0 Å². The zero-order valence-corrected chi connectivity index (χ0v) is 17.4. The Kier molecular flexibility index (Phi) is 7.56. The molecule has 33 heavy (non-hydrogen) atoms. The molecular formula is C20H15F3N6O3S. The minimum Gasteiger partial charge on any atom is -0.376 e. The lowest BCUT2D eigenvalue weighted by Gasteiger charge is -2.10. The Hall–Kier alpha value is -4.00. The lowest BCUT2D eigenvalue weighted by Crippen LogP contribution is -2.26. The molecule has 1 aromatic heterocycles. The Morgan fingerprint density at radius 3 is 2.61 bits per heavy atom. The summed E-state index contributed by atoms with van der Waals surface area (Å²) in [4.78, 5) is 31.1. The van der Waals surface area contributed by atoms with E-state index in [9.17, 15) is 28.1 Å². The van der Waals surface area contributed by atoms with E-state index in [1.807, 2.05) is 0 Å². The third-order valence-electron chi connectivity index (χ3n) is 3.97. The molecule has 0 aliphatic carbocycles. The molecule has 0 fully saturated rings. The van der Waals surface area contributed by atoms with Crippen molar-refractivity contribution in [3.63, 3.8) is 0 Å². The predicted molar refractivity (Wildman–Crippen MR) is 115 cm³/mol. The second-order valence-corrected chi connectivity index (χ2v) is 7.35. The van der Waals surface area contributed by atoms with Gasteiger partial charge in [-0.15, -0.1) is 0 Å². The van der Waals surface area contributed by atoms with Crippen LogP contribution in [-0.2, 0) is 11.0 Å². The number of carbonyl (C=O) groups is 1. The van der Waals surface area contributed by atoms with Gasteiger partial charge >= 0.3 is 6.18 Å². The Balaban J connectivity index is 1.59. The maximum atomic E-state index is 12.7. The molecule has 0 spiro atoms. The van der Waals surface area contributed by atoms with Crippen molar-refractivity contribution >= 4 is 35.3 Å². The van der Waals surface area contributed by atoms with Crippen molar-refractivity contribution in [2.45, 2.75) is 16.2 Å². The summed E-state index contributed by atoms with van der Waals surface area (Å²) in [6, 6.07) is 10.4. The van der Waals surface area contributed by atoms with Crippen molar-refractivity contribution < 1.29 is 22.9 Å². The van der Waals surface area contributed by atoms with Crippen molar-refractivity contribution in [3.05, 3.63) is 82.2 Å². The first-order valence-electron chi connectivity index (χ1n) is 9.19. The van der Waals surface area contributed by atoms with Gasteiger partial charge in [0.15, 0.2) is 5.16 Å². The van der Waals surface area contributed by atoms with E-state index in [1.54, 1.807) is 12.1 Å². The van der Waals surface area contributed by atoms with E-state index in [-0.39, 0.29) is 17.9 Å². The van der Waals surface area contributed by atoms with Gasteiger partial charge in [0, 0.05) is 29.7 Å². The summed E-state index contributed by atoms with van der Waals surface area (Å²) in [5, 5.41) is 18.1. The van der Waals surface area contributed by atoms with E-state index >= 15 is 0 Å². The minimum atomic E-state index is -4.49. The molecule has 0 aliphatic heterocycles. The molecule has 0 atom stereocenters. The maximum absolute atomic E-state index is 12.7. The standard InChI is InChI=1S/C20H15F3N6O3S/c21-20(22,23)14-3-1-4-15(10-14)26-12-18(30)28-27-11-13-5-6-17(16(9-13)29(31)32)33-19-24-7-2-8-25-19/h1-11,26H,12H2,(H,28,30). The van der Waals surface area contributed by atoms with Crippen molar-refractivity contribution in [1.82, 2.24) is 15.4 Å². The van der Waals surface area contributed by atoms with Crippen LogP contribution in [0, 0.1) is 10.1 Å². The number of anilines is 1. The SMILES string of the molecule is O=C(CNc1cccc(C(F)(F)F)c1)NN=Cc1ccc(Sc2ncccn2)c([N+](=O)[O-])c1. The van der Waals surface area contributed by atoms with Gasteiger partial charge in [-0.3, -0.25) is 14.9 Å². The molecule has 0 aliphatic rings. The number of nitro benzene ring substituents is 1. The Morgan fingerprint density at radius 2 is 1.91 bits per heavy atom. The molecule has 0 bridgehead atoms. The minimum absolute atomic E-state index is 0.120. The largest absolute Gasteiger partial charge is 0.416 e. The van der Waals surface area contributed by atoms with Gasteiger partial charge in [-0.05, 0) is 42.1 Å². The molecule has 1 amide bonds. The van der Waals surface area contributed by atoms with Gasteiger partial charge in [0.25, 0.3) is 11.6 Å². The average molecular weight is 476 g/mol. The molecule has 0 radical (unpaired) electrons. The van der Waals surface area contributed by atoms with Gasteiger partial charge in [-0.1, -0.05) is 12.1 Å². The molecule has 0 unspecified atom stereocenters. The number of nitrogens with one attached hydrogen (secondary N) is 2. The van der Waals surface area contributed by atoms with Crippen molar-refractivity contribution in [1.29, 1.82) is 0 Å². The van der Waals surface area contributed by atoms with Crippen molar-refractivity contribution in [2.24, 2.45) is 5.10 Å². The van der Waals surface area contributed by atoms with E-state index in [0.717, 1.165) is 23.9 Å². The number of amides is 1. The number of benzene rings is 2. The van der Waals surface area contributed by atoms with E-state index in [1.165, 1.54) is 42.9 Å². The first kappa shape index (κ1) is 23.7. The fraction of sp³-hybridized carbons (Fsp3) is 0.100. The molecule has 2 aromatic carbocycles. The second-order valence-electron chi connectivity index (χ2n) is 6.34. The van der Waals surface area contributed by atoms with E-state index in [0.29, 0.717) is 15.6 Å². The summed E-state index contributed by atoms with van der Waals surface area (Å²) < 4.78 is 38.2. The number of hydrogen-bond donors (Lipinski definition) is 2. The van der Waals surface area contributed by atoms with E-state index in [4.69, 9.17) is 0 Å². The molecule has 9 nitrogen and oxygen atoms in total. The number of carbonyl (C=O) groups excluding carboxylic acids is 1. The summed E-state index contributed by atoms with van der Waals surface area (Å²) >= 11 is 1.03. The van der Waals surface area contributed by atoms with E-state index in [2.05, 4.69) is 25.8 Å². The fourth-order valence-corrected chi connectivity index (χ4v) is 3.28. The number of rotatable bonds is 8. The number of nitrogens with zero attached hydrogens (tertiary/aromatic N) is 4. The molecule has 170 valence electrons. The molecule has 0 saturated carbocycles. The lowest BCUT2D eigenvalue weighted by atomic mass is 10.2.